The molecule has 2 N–H and O–H groups in total. The van der Waals surface area contributed by atoms with E-state index in [1.807, 2.05) is 6.92 Å². The average Bonchev–Trinajstić information content (AvgIpc) is 2.51. The van der Waals surface area contributed by atoms with Crippen molar-refractivity contribution < 1.29 is 13.2 Å². The third kappa shape index (κ3) is 4.69. The van der Waals surface area contributed by atoms with Gasteiger partial charge in [0.15, 0.2) is 5.11 Å². The first-order valence-electron chi connectivity index (χ1n) is 6.80. The molecule has 126 valence electrons. The second kappa shape index (κ2) is 7.63. The van der Waals surface area contributed by atoms with Crippen molar-refractivity contribution in [3.8, 4) is 0 Å². The molecule has 2 rings (SSSR count). The minimum atomic E-state index is -4.45. The molecule has 0 spiro atoms. The summed E-state index contributed by atoms with van der Waals surface area (Å²) >= 11 is 11.1. The fourth-order valence-electron chi connectivity index (χ4n) is 1.92. The number of thiocarbonyl (C=S) groups is 1. The molecule has 0 radical (unpaired) electrons. The lowest BCUT2D eigenvalue weighted by atomic mass is 10.1. The fraction of sp³-hybridized carbons (Fsp3) is 0.125. The highest BCUT2D eigenvalue weighted by Gasteiger charge is 2.32. The van der Waals surface area contributed by atoms with Crippen molar-refractivity contribution in [3.63, 3.8) is 0 Å². The molecule has 0 atom stereocenters. The number of hydrazone groups is 1. The first kappa shape index (κ1) is 18.2. The van der Waals surface area contributed by atoms with Gasteiger partial charge >= 0.3 is 6.18 Å². The second-order valence-electron chi connectivity index (χ2n) is 4.82. The highest BCUT2D eigenvalue weighted by atomic mass is 35.5. The van der Waals surface area contributed by atoms with Crippen LogP contribution in [0.5, 0.6) is 0 Å². The van der Waals surface area contributed by atoms with Crippen molar-refractivity contribution in [2.45, 2.75) is 13.1 Å². The molecule has 0 aromatic heterocycles. The van der Waals surface area contributed by atoms with Crippen LogP contribution in [0.1, 0.15) is 16.7 Å². The van der Waals surface area contributed by atoms with Crippen LogP contribution in [0.15, 0.2) is 47.6 Å². The summed E-state index contributed by atoms with van der Waals surface area (Å²) in [5, 5.41) is 7.35. The van der Waals surface area contributed by atoms with Gasteiger partial charge < -0.3 is 5.32 Å². The molecule has 0 bridgehead atoms. The van der Waals surface area contributed by atoms with E-state index in [1.165, 1.54) is 18.2 Å². The number of hydrogen-bond donors (Lipinski definition) is 2. The van der Waals surface area contributed by atoms with Gasteiger partial charge in [0, 0.05) is 16.3 Å². The molecule has 0 saturated heterocycles. The van der Waals surface area contributed by atoms with Crippen LogP contribution in [0, 0.1) is 6.92 Å². The van der Waals surface area contributed by atoms with Gasteiger partial charge in [-0.2, -0.15) is 18.3 Å². The van der Waals surface area contributed by atoms with Gasteiger partial charge in [-0.15, -0.1) is 0 Å². The number of anilines is 1. The van der Waals surface area contributed by atoms with E-state index in [0.717, 1.165) is 17.8 Å². The predicted molar refractivity (Wildman–Crippen MR) is 94.6 cm³/mol. The Morgan fingerprint density at radius 1 is 1.17 bits per heavy atom. The largest absolute Gasteiger partial charge is 0.417 e. The normalized spacial score (nSPS) is 11.5. The van der Waals surface area contributed by atoms with Crippen molar-refractivity contribution in [1.82, 2.24) is 5.43 Å². The molecule has 2 aromatic carbocycles. The van der Waals surface area contributed by atoms with Gasteiger partial charge in [0.2, 0.25) is 0 Å². The lowest BCUT2D eigenvalue weighted by Crippen LogP contribution is -2.24. The molecule has 0 unspecified atom stereocenters. The fourth-order valence-corrected chi connectivity index (χ4v) is 2.26. The molecule has 0 amide bonds. The van der Waals surface area contributed by atoms with Crippen LogP contribution in [0.2, 0.25) is 5.02 Å². The third-order valence-corrected chi connectivity index (χ3v) is 3.75. The monoisotopic (exact) mass is 371 g/mol. The van der Waals surface area contributed by atoms with Crippen LogP contribution in [0.25, 0.3) is 0 Å². The number of halogens is 4. The lowest BCUT2D eigenvalue weighted by Gasteiger charge is -2.11. The van der Waals surface area contributed by atoms with Crippen LogP contribution >= 0.6 is 23.8 Å². The van der Waals surface area contributed by atoms with Gasteiger partial charge in [-0.25, -0.2) is 0 Å². The molecule has 3 nitrogen and oxygen atoms in total. The summed E-state index contributed by atoms with van der Waals surface area (Å²) in [5.74, 6) is 0. The number of nitrogens with zero attached hydrogens (tertiary/aromatic N) is 1. The maximum absolute atomic E-state index is 12.9. The van der Waals surface area contributed by atoms with E-state index < -0.39 is 11.7 Å². The molecule has 2 aromatic rings. The highest BCUT2D eigenvalue weighted by molar-refractivity contribution is 7.80. The number of benzene rings is 2. The van der Waals surface area contributed by atoms with Gasteiger partial charge in [0.1, 0.15) is 0 Å². The van der Waals surface area contributed by atoms with Crippen LogP contribution in [0.3, 0.4) is 0 Å². The Morgan fingerprint density at radius 3 is 2.58 bits per heavy atom. The molecule has 8 heteroatoms. The number of nitrogens with one attached hydrogen (secondary N) is 2. The van der Waals surface area contributed by atoms with Crippen LogP contribution < -0.4 is 10.7 Å². The van der Waals surface area contributed by atoms with Gasteiger partial charge in [0.25, 0.3) is 0 Å². The predicted octanol–water partition coefficient (Wildman–Crippen LogP) is 4.99. The lowest BCUT2D eigenvalue weighted by molar-refractivity contribution is -0.137. The average molecular weight is 372 g/mol. The molecule has 0 aliphatic carbocycles. The second-order valence-corrected chi connectivity index (χ2v) is 5.64. The Kier molecular flexibility index (Phi) is 5.80. The molecule has 0 fully saturated rings. The summed E-state index contributed by atoms with van der Waals surface area (Å²) in [6.07, 6.45) is -3.37. The zero-order valence-corrected chi connectivity index (χ0v) is 14.1. The minimum Gasteiger partial charge on any atom is -0.331 e. The SMILES string of the molecule is Cc1c(Cl)cccc1NC(=S)N/N=C\c1ccccc1C(F)(F)F. The first-order valence-corrected chi connectivity index (χ1v) is 7.59. The van der Waals surface area contributed by atoms with Gasteiger partial charge in [-0.1, -0.05) is 35.9 Å². The standard InChI is InChI=1S/C16H13ClF3N3S/c1-10-13(17)7-4-8-14(10)22-15(24)23-21-9-11-5-2-3-6-12(11)16(18,19)20/h2-9H,1H3,(H2,22,23,24)/b21-9-. The Labute approximate surface area is 147 Å². The number of hydrogen-bond acceptors (Lipinski definition) is 2. The Bertz CT molecular complexity index is 775. The zero-order valence-electron chi connectivity index (χ0n) is 12.5. The number of rotatable bonds is 3. The van der Waals surface area contributed by atoms with Gasteiger partial charge in [-0.3, -0.25) is 5.43 Å². The highest BCUT2D eigenvalue weighted by Crippen LogP contribution is 2.31. The van der Waals surface area contributed by atoms with E-state index >= 15 is 0 Å². The van der Waals surface area contributed by atoms with Crippen molar-refractivity contribution >= 4 is 40.8 Å². The molecular weight excluding hydrogens is 359 g/mol. The number of alkyl halides is 3. The molecule has 0 aliphatic rings. The molecule has 0 heterocycles. The van der Waals surface area contributed by atoms with E-state index in [4.69, 9.17) is 23.8 Å². The van der Waals surface area contributed by atoms with Crippen molar-refractivity contribution in [1.29, 1.82) is 0 Å². The summed E-state index contributed by atoms with van der Waals surface area (Å²) < 4.78 is 38.6. The maximum Gasteiger partial charge on any atom is 0.417 e. The van der Waals surface area contributed by atoms with Crippen LogP contribution in [-0.4, -0.2) is 11.3 Å². The molecule has 0 aliphatic heterocycles. The Morgan fingerprint density at radius 2 is 1.88 bits per heavy atom. The van der Waals surface area contributed by atoms with Gasteiger partial charge in [-0.05, 0) is 42.9 Å². The topological polar surface area (TPSA) is 36.4 Å². The first-order chi connectivity index (χ1) is 11.3. The summed E-state index contributed by atoms with van der Waals surface area (Å²) in [4.78, 5) is 0. The van der Waals surface area contributed by atoms with Crippen LogP contribution in [-0.2, 0) is 6.18 Å². The summed E-state index contributed by atoms with van der Waals surface area (Å²) in [6.45, 7) is 1.82. The van der Waals surface area contributed by atoms with Crippen molar-refractivity contribution in [2.75, 3.05) is 5.32 Å². The van der Waals surface area contributed by atoms with E-state index in [0.29, 0.717) is 10.7 Å². The quantitative estimate of drug-likeness (QED) is 0.453. The van der Waals surface area contributed by atoms with Crippen LogP contribution in [0.4, 0.5) is 18.9 Å². The summed E-state index contributed by atoms with van der Waals surface area (Å²) in [6, 6.07) is 10.4. The van der Waals surface area contributed by atoms with E-state index in [9.17, 15) is 13.2 Å². The minimum absolute atomic E-state index is 0.0563. The van der Waals surface area contributed by atoms with Gasteiger partial charge in [0.05, 0.1) is 11.8 Å². The van der Waals surface area contributed by atoms with E-state index in [-0.39, 0.29) is 10.7 Å². The van der Waals surface area contributed by atoms with E-state index in [2.05, 4.69) is 15.8 Å². The van der Waals surface area contributed by atoms with E-state index in [1.54, 1.807) is 18.2 Å². The smallest absolute Gasteiger partial charge is 0.331 e. The Balaban J connectivity index is 2.05. The molecule has 0 saturated carbocycles. The Hall–Kier alpha value is -2.12. The molecule has 24 heavy (non-hydrogen) atoms. The van der Waals surface area contributed by atoms with Crippen molar-refractivity contribution in [3.05, 3.63) is 64.2 Å². The van der Waals surface area contributed by atoms with Crippen molar-refractivity contribution in [2.24, 2.45) is 5.10 Å². The third-order valence-electron chi connectivity index (χ3n) is 3.15. The maximum atomic E-state index is 12.9. The summed E-state index contributed by atoms with van der Waals surface area (Å²) in [5.41, 5.74) is 3.15. The molecular formula is C16H13ClF3N3S. The zero-order chi connectivity index (χ0) is 17.7. The summed E-state index contributed by atoms with van der Waals surface area (Å²) in [7, 11) is 0.